The van der Waals surface area contributed by atoms with Gasteiger partial charge in [0, 0.05) is 49.3 Å². The Morgan fingerprint density at radius 3 is 2.71 bits per heavy atom. The van der Waals surface area contributed by atoms with Gasteiger partial charge in [-0.1, -0.05) is 26.0 Å². The average molecular weight is 422 g/mol. The molecule has 2 aromatic carbocycles. The van der Waals surface area contributed by atoms with E-state index in [2.05, 4.69) is 46.3 Å². The summed E-state index contributed by atoms with van der Waals surface area (Å²) in [5.74, 6) is -0.220. The van der Waals surface area contributed by atoms with E-state index >= 15 is 0 Å². The van der Waals surface area contributed by atoms with Gasteiger partial charge in [-0.2, -0.15) is 0 Å². The molecule has 4 nitrogen and oxygen atoms in total. The topological polar surface area (TPSA) is 35.6 Å². The fourth-order valence-corrected chi connectivity index (χ4v) is 5.16. The van der Waals surface area contributed by atoms with Crippen LogP contribution in [0.15, 0.2) is 54.2 Å². The minimum absolute atomic E-state index is 0.00339. The molecular weight excluding hydrogens is 389 g/mol. The number of rotatable bonds is 5. The lowest BCUT2D eigenvalue weighted by Crippen LogP contribution is -2.46. The zero-order chi connectivity index (χ0) is 22.0. The highest BCUT2D eigenvalue weighted by molar-refractivity contribution is 5.96. The van der Waals surface area contributed by atoms with E-state index in [4.69, 9.17) is 0 Å². The van der Waals surface area contributed by atoms with Gasteiger partial charge in [0.25, 0.3) is 0 Å². The van der Waals surface area contributed by atoms with Gasteiger partial charge < -0.3 is 10.2 Å². The van der Waals surface area contributed by atoms with E-state index < -0.39 is 0 Å². The standard InChI is InChI=1S/C24H26FN3O.C2H6/c1-24-16-27(13-3-6-21(29)17-7-9-18(25)10-8-17)14-11-22(24)28-15-12-26-20-5-2-4-19(24)23(20)28;1-2/h2,4-5,7-11,26H,3,6,12-16H2,1H3;1-2H3. The van der Waals surface area contributed by atoms with Gasteiger partial charge in [-0.25, -0.2) is 4.39 Å². The smallest absolute Gasteiger partial charge is 0.162 e. The summed E-state index contributed by atoms with van der Waals surface area (Å²) < 4.78 is 13.0. The van der Waals surface area contributed by atoms with Crippen molar-refractivity contribution in [1.82, 2.24) is 4.90 Å². The van der Waals surface area contributed by atoms with Gasteiger partial charge in [0.1, 0.15) is 5.82 Å². The van der Waals surface area contributed by atoms with E-state index in [9.17, 15) is 9.18 Å². The lowest BCUT2D eigenvalue weighted by Gasteiger charge is -2.39. The molecule has 31 heavy (non-hydrogen) atoms. The number of benzene rings is 2. The number of carbonyl (C=O) groups is 1. The summed E-state index contributed by atoms with van der Waals surface area (Å²) in [6.45, 7) is 11.1. The van der Waals surface area contributed by atoms with Crippen molar-refractivity contribution >= 4 is 17.2 Å². The molecular formula is C26H32FN3O. The Balaban J connectivity index is 0.00000112. The molecule has 3 heterocycles. The third-order valence-corrected chi connectivity index (χ3v) is 6.53. The van der Waals surface area contributed by atoms with Gasteiger partial charge in [0.2, 0.25) is 0 Å². The first kappa shape index (κ1) is 21.6. The summed E-state index contributed by atoms with van der Waals surface area (Å²) in [5.41, 5.74) is 6.01. The van der Waals surface area contributed by atoms with Crippen LogP contribution < -0.4 is 10.2 Å². The van der Waals surface area contributed by atoms with Crippen molar-refractivity contribution in [2.45, 2.75) is 39.0 Å². The van der Waals surface area contributed by atoms with Crippen LogP contribution in [0, 0.1) is 5.82 Å². The number of hydrogen-bond acceptors (Lipinski definition) is 4. The number of anilines is 2. The van der Waals surface area contributed by atoms with Gasteiger partial charge in [0.05, 0.1) is 11.4 Å². The van der Waals surface area contributed by atoms with Crippen molar-refractivity contribution in [3.8, 4) is 0 Å². The van der Waals surface area contributed by atoms with Crippen LogP contribution in [-0.2, 0) is 5.41 Å². The summed E-state index contributed by atoms with van der Waals surface area (Å²) in [4.78, 5) is 17.3. The van der Waals surface area contributed by atoms with Gasteiger partial charge in [-0.05, 0) is 61.9 Å². The van der Waals surface area contributed by atoms with E-state index in [1.54, 1.807) is 12.1 Å². The molecule has 0 radical (unpaired) electrons. The van der Waals surface area contributed by atoms with Gasteiger partial charge in [-0.15, -0.1) is 0 Å². The molecule has 0 saturated carbocycles. The molecule has 5 rings (SSSR count). The minimum Gasteiger partial charge on any atom is -0.382 e. The van der Waals surface area contributed by atoms with Crippen molar-refractivity contribution in [2.75, 3.05) is 42.9 Å². The SMILES string of the molecule is CC.CC12CN(CCCC(=O)c3ccc(F)cc3)CC=C1N1CCNc3cccc2c31. The Morgan fingerprint density at radius 1 is 1.16 bits per heavy atom. The third kappa shape index (κ3) is 3.87. The number of para-hydroxylation sites is 1. The summed E-state index contributed by atoms with van der Waals surface area (Å²) in [6, 6.07) is 12.4. The van der Waals surface area contributed by atoms with Crippen LogP contribution >= 0.6 is 0 Å². The van der Waals surface area contributed by atoms with Crippen LogP contribution in [0.1, 0.15) is 49.5 Å². The zero-order valence-electron chi connectivity index (χ0n) is 18.7. The maximum Gasteiger partial charge on any atom is 0.162 e. The minimum atomic E-state index is -0.307. The molecule has 3 aliphatic heterocycles. The third-order valence-electron chi connectivity index (χ3n) is 6.53. The number of hydrogen-bond donors (Lipinski definition) is 1. The zero-order valence-corrected chi connectivity index (χ0v) is 18.7. The number of nitrogens with one attached hydrogen (secondary N) is 1. The molecule has 0 spiro atoms. The molecule has 1 atom stereocenters. The Kier molecular flexibility index (Phi) is 6.15. The predicted molar refractivity (Wildman–Crippen MR) is 125 cm³/mol. The molecule has 0 bridgehead atoms. The van der Waals surface area contributed by atoms with Crippen LogP contribution in [0.2, 0.25) is 0 Å². The normalized spacial score (nSPS) is 21.3. The van der Waals surface area contributed by atoms with Crippen molar-refractivity contribution in [3.05, 3.63) is 71.2 Å². The van der Waals surface area contributed by atoms with E-state index in [1.807, 2.05) is 13.8 Å². The van der Waals surface area contributed by atoms with Gasteiger partial charge in [0.15, 0.2) is 5.78 Å². The number of nitrogens with zero attached hydrogens (tertiary/aromatic N) is 2. The fourth-order valence-electron chi connectivity index (χ4n) is 5.16. The molecule has 0 amide bonds. The first-order chi connectivity index (χ1) is 15.1. The monoisotopic (exact) mass is 421 g/mol. The molecule has 1 N–H and O–H groups in total. The Labute approximate surface area is 184 Å². The second-order valence-electron chi connectivity index (χ2n) is 8.47. The highest BCUT2D eigenvalue weighted by atomic mass is 19.1. The largest absolute Gasteiger partial charge is 0.382 e. The maximum atomic E-state index is 13.0. The number of fused-ring (bicyclic) bond motifs is 3. The highest BCUT2D eigenvalue weighted by Crippen LogP contribution is 2.53. The van der Waals surface area contributed by atoms with Crippen molar-refractivity contribution in [2.24, 2.45) is 0 Å². The molecule has 0 aliphatic carbocycles. The fraction of sp³-hybridized carbons (Fsp3) is 0.423. The molecule has 5 heteroatoms. The predicted octanol–water partition coefficient (Wildman–Crippen LogP) is 5.22. The van der Waals surface area contributed by atoms with Crippen molar-refractivity contribution < 1.29 is 9.18 Å². The van der Waals surface area contributed by atoms with Gasteiger partial charge >= 0.3 is 0 Å². The number of ketones is 1. The second-order valence-corrected chi connectivity index (χ2v) is 8.47. The number of Topliss-reactive ketones (excluding diaryl/α,β-unsaturated/α-hetero) is 1. The van der Waals surface area contributed by atoms with Gasteiger partial charge in [-0.3, -0.25) is 9.69 Å². The van der Waals surface area contributed by atoms with E-state index in [-0.39, 0.29) is 17.0 Å². The lowest BCUT2D eigenvalue weighted by molar-refractivity contribution is 0.0974. The van der Waals surface area contributed by atoms with Crippen molar-refractivity contribution in [1.29, 1.82) is 0 Å². The quantitative estimate of drug-likeness (QED) is 0.672. The number of carbonyl (C=O) groups excluding carboxylic acids is 1. The summed E-state index contributed by atoms with van der Waals surface area (Å²) >= 11 is 0. The maximum absolute atomic E-state index is 13.0. The Hall–Kier alpha value is -2.66. The number of halogens is 1. The lowest BCUT2D eigenvalue weighted by atomic mass is 9.79. The molecule has 1 unspecified atom stereocenters. The molecule has 3 aliphatic rings. The second kappa shape index (κ2) is 8.83. The van der Waals surface area contributed by atoms with E-state index in [0.29, 0.717) is 12.0 Å². The molecule has 2 aromatic rings. The molecule has 0 fully saturated rings. The molecule has 0 aromatic heterocycles. The Bertz CT molecular complexity index is 985. The Morgan fingerprint density at radius 2 is 1.94 bits per heavy atom. The van der Waals surface area contributed by atoms with Crippen LogP contribution in [0.4, 0.5) is 15.8 Å². The summed E-state index contributed by atoms with van der Waals surface area (Å²) in [6.07, 6.45) is 3.68. The van der Waals surface area contributed by atoms with Crippen LogP contribution in [0.3, 0.4) is 0 Å². The average Bonchev–Trinajstić information content (AvgIpc) is 3.05. The summed E-state index contributed by atoms with van der Waals surface area (Å²) in [5, 5.41) is 3.53. The van der Waals surface area contributed by atoms with Crippen LogP contribution in [-0.4, -0.2) is 43.4 Å². The summed E-state index contributed by atoms with van der Waals surface area (Å²) in [7, 11) is 0. The van der Waals surface area contributed by atoms with E-state index in [0.717, 1.165) is 39.1 Å². The first-order valence-corrected chi connectivity index (χ1v) is 11.4. The highest BCUT2D eigenvalue weighted by Gasteiger charge is 2.47. The van der Waals surface area contributed by atoms with Crippen LogP contribution in [0.5, 0.6) is 0 Å². The molecule has 164 valence electrons. The van der Waals surface area contributed by atoms with Crippen LogP contribution in [0.25, 0.3) is 0 Å². The molecule has 0 saturated heterocycles. The van der Waals surface area contributed by atoms with E-state index in [1.165, 1.54) is 34.8 Å². The van der Waals surface area contributed by atoms with Crippen molar-refractivity contribution in [3.63, 3.8) is 0 Å². The first-order valence-electron chi connectivity index (χ1n) is 11.4.